The molecule has 1 aromatic carbocycles. The van der Waals surface area contributed by atoms with E-state index < -0.39 is 0 Å². The Morgan fingerprint density at radius 1 is 1.24 bits per heavy atom. The van der Waals surface area contributed by atoms with E-state index in [2.05, 4.69) is 29.4 Å². The van der Waals surface area contributed by atoms with Crippen molar-refractivity contribution in [2.24, 2.45) is 17.0 Å². The lowest BCUT2D eigenvalue weighted by Crippen LogP contribution is -2.25. The Labute approximate surface area is 106 Å². The zero-order valence-corrected chi connectivity index (χ0v) is 10.6. The number of benzene rings is 1. The normalized spacial score (nSPS) is 33.4. The van der Waals surface area contributed by atoms with E-state index >= 15 is 0 Å². The largest absolute Gasteiger partial charge is 0.411 e. The van der Waals surface area contributed by atoms with Gasteiger partial charge < -0.3 is 5.21 Å². The van der Waals surface area contributed by atoms with Gasteiger partial charge in [0, 0.05) is 16.9 Å². The molecule has 3 atom stereocenters. The van der Waals surface area contributed by atoms with Gasteiger partial charge in [0.05, 0.1) is 5.71 Å². The van der Waals surface area contributed by atoms with Crippen LogP contribution in [0.3, 0.4) is 0 Å². The van der Waals surface area contributed by atoms with Crippen LogP contribution in [0.15, 0.2) is 35.5 Å². The third-order valence-electron chi connectivity index (χ3n) is 4.00. The van der Waals surface area contributed by atoms with Gasteiger partial charge in [-0.15, -0.1) is 11.8 Å². The van der Waals surface area contributed by atoms with E-state index in [1.165, 1.54) is 24.8 Å². The van der Waals surface area contributed by atoms with Gasteiger partial charge in [0.25, 0.3) is 0 Å². The highest BCUT2D eigenvalue weighted by molar-refractivity contribution is 7.99. The highest BCUT2D eigenvalue weighted by atomic mass is 32.2. The number of hydrogen-bond acceptors (Lipinski definition) is 3. The van der Waals surface area contributed by atoms with Crippen molar-refractivity contribution in [1.82, 2.24) is 0 Å². The van der Waals surface area contributed by atoms with Crippen LogP contribution in [-0.2, 0) is 5.75 Å². The Bertz CT molecular complexity index is 417. The summed E-state index contributed by atoms with van der Waals surface area (Å²) in [5.41, 5.74) is 2.42. The molecule has 2 nitrogen and oxygen atoms in total. The molecule has 2 bridgehead atoms. The zero-order chi connectivity index (χ0) is 11.7. The van der Waals surface area contributed by atoms with Crippen LogP contribution in [0.5, 0.6) is 0 Å². The Balaban J connectivity index is 1.66. The van der Waals surface area contributed by atoms with Gasteiger partial charge in [0.1, 0.15) is 0 Å². The second kappa shape index (κ2) is 4.73. The molecule has 1 N–H and O–H groups in total. The monoisotopic (exact) mass is 247 g/mol. The summed E-state index contributed by atoms with van der Waals surface area (Å²) in [4.78, 5) is 0. The molecular weight excluding hydrogens is 230 g/mol. The molecular formula is C14H17NOS. The molecule has 0 heterocycles. The van der Waals surface area contributed by atoms with Crippen molar-refractivity contribution in [2.45, 2.75) is 30.3 Å². The van der Waals surface area contributed by atoms with E-state index in [-0.39, 0.29) is 0 Å². The molecule has 0 radical (unpaired) electrons. The van der Waals surface area contributed by atoms with Gasteiger partial charge in [-0.3, -0.25) is 0 Å². The Morgan fingerprint density at radius 3 is 2.82 bits per heavy atom. The predicted molar refractivity (Wildman–Crippen MR) is 71.6 cm³/mol. The molecule has 3 unspecified atom stereocenters. The van der Waals surface area contributed by atoms with E-state index in [0.29, 0.717) is 11.2 Å². The van der Waals surface area contributed by atoms with Crippen LogP contribution < -0.4 is 0 Å². The minimum atomic E-state index is 0.457. The Morgan fingerprint density at radius 2 is 2.06 bits per heavy atom. The summed E-state index contributed by atoms with van der Waals surface area (Å²) in [6, 6.07) is 10.5. The standard InChI is InChI=1S/C14H17NOS/c16-15-13-11-6-7-12(8-11)14(13)17-9-10-4-2-1-3-5-10/h1-5,11-12,14,16H,6-9H2. The van der Waals surface area contributed by atoms with Gasteiger partial charge in [-0.05, 0) is 30.7 Å². The number of rotatable bonds is 3. The molecule has 2 fully saturated rings. The first kappa shape index (κ1) is 11.1. The summed E-state index contributed by atoms with van der Waals surface area (Å²) in [5, 5.41) is 13.1. The summed E-state index contributed by atoms with van der Waals surface area (Å²) in [6.45, 7) is 0. The lowest BCUT2D eigenvalue weighted by molar-refractivity contribution is 0.314. The first-order valence-corrected chi connectivity index (χ1v) is 7.30. The average Bonchev–Trinajstić information content (AvgIpc) is 2.97. The second-order valence-corrected chi connectivity index (χ2v) is 6.14. The number of oxime groups is 1. The van der Waals surface area contributed by atoms with E-state index in [0.717, 1.165) is 17.4 Å². The maximum atomic E-state index is 9.13. The average molecular weight is 247 g/mol. The van der Waals surface area contributed by atoms with Gasteiger partial charge in [-0.25, -0.2) is 0 Å². The van der Waals surface area contributed by atoms with Crippen LogP contribution in [0.4, 0.5) is 0 Å². The van der Waals surface area contributed by atoms with Crippen molar-refractivity contribution < 1.29 is 5.21 Å². The SMILES string of the molecule is ON=C1C2CCC(C2)C1SCc1ccccc1. The third kappa shape index (κ3) is 2.08. The first-order chi connectivity index (χ1) is 8.38. The van der Waals surface area contributed by atoms with E-state index in [1.807, 2.05) is 17.8 Å². The fourth-order valence-electron chi connectivity index (χ4n) is 3.15. The molecule has 0 saturated heterocycles. The summed E-state index contributed by atoms with van der Waals surface area (Å²) >= 11 is 1.94. The Hall–Kier alpha value is -0.960. The van der Waals surface area contributed by atoms with Gasteiger partial charge in [-0.2, -0.15) is 0 Å². The first-order valence-electron chi connectivity index (χ1n) is 6.26. The molecule has 0 amide bonds. The van der Waals surface area contributed by atoms with Crippen molar-refractivity contribution in [1.29, 1.82) is 0 Å². The van der Waals surface area contributed by atoms with Crippen molar-refractivity contribution >= 4 is 17.5 Å². The fourth-order valence-corrected chi connectivity index (χ4v) is 4.65. The summed E-state index contributed by atoms with van der Waals surface area (Å²) in [5.74, 6) is 2.34. The Kier molecular flexibility index (Phi) is 3.10. The van der Waals surface area contributed by atoms with Crippen LogP contribution in [0.25, 0.3) is 0 Å². The highest BCUT2D eigenvalue weighted by Gasteiger charge is 2.45. The fraction of sp³-hybridized carbons (Fsp3) is 0.500. The van der Waals surface area contributed by atoms with Gasteiger partial charge in [0.15, 0.2) is 0 Å². The van der Waals surface area contributed by atoms with Crippen molar-refractivity contribution in [3.63, 3.8) is 0 Å². The molecule has 3 rings (SSSR count). The summed E-state index contributed by atoms with van der Waals surface area (Å²) < 4.78 is 0. The van der Waals surface area contributed by atoms with Crippen LogP contribution in [-0.4, -0.2) is 16.2 Å². The molecule has 17 heavy (non-hydrogen) atoms. The highest BCUT2D eigenvalue weighted by Crippen LogP contribution is 2.48. The molecule has 0 aliphatic heterocycles. The molecule has 2 saturated carbocycles. The maximum absolute atomic E-state index is 9.13. The van der Waals surface area contributed by atoms with Crippen molar-refractivity contribution in [3.05, 3.63) is 35.9 Å². The number of hydrogen-bond donors (Lipinski definition) is 1. The zero-order valence-electron chi connectivity index (χ0n) is 9.75. The van der Waals surface area contributed by atoms with Crippen LogP contribution in [0.1, 0.15) is 24.8 Å². The number of nitrogens with zero attached hydrogens (tertiary/aromatic N) is 1. The molecule has 90 valence electrons. The quantitative estimate of drug-likeness (QED) is 0.654. The van der Waals surface area contributed by atoms with E-state index in [4.69, 9.17) is 5.21 Å². The van der Waals surface area contributed by atoms with E-state index in [1.54, 1.807) is 0 Å². The van der Waals surface area contributed by atoms with Crippen molar-refractivity contribution in [3.8, 4) is 0 Å². The molecule has 0 spiro atoms. The minimum Gasteiger partial charge on any atom is -0.411 e. The minimum absolute atomic E-state index is 0.457. The van der Waals surface area contributed by atoms with E-state index in [9.17, 15) is 0 Å². The molecule has 3 heteroatoms. The number of fused-ring (bicyclic) bond motifs is 2. The topological polar surface area (TPSA) is 32.6 Å². The molecule has 0 aromatic heterocycles. The summed E-state index contributed by atoms with van der Waals surface area (Å²) in [6.07, 6.45) is 3.79. The van der Waals surface area contributed by atoms with Gasteiger partial charge >= 0.3 is 0 Å². The van der Waals surface area contributed by atoms with Crippen molar-refractivity contribution in [2.75, 3.05) is 0 Å². The maximum Gasteiger partial charge on any atom is 0.0734 e. The van der Waals surface area contributed by atoms with Gasteiger partial charge in [-0.1, -0.05) is 35.5 Å². The molecule has 2 aliphatic rings. The smallest absolute Gasteiger partial charge is 0.0734 e. The number of thioether (sulfide) groups is 1. The van der Waals surface area contributed by atoms with Crippen LogP contribution in [0.2, 0.25) is 0 Å². The second-order valence-electron chi connectivity index (χ2n) is 5.01. The lowest BCUT2D eigenvalue weighted by atomic mass is 9.98. The van der Waals surface area contributed by atoms with Crippen LogP contribution in [0, 0.1) is 11.8 Å². The molecule has 1 aromatic rings. The van der Waals surface area contributed by atoms with Gasteiger partial charge in [0.2, 0.25) is 0 Å². The third-order valence-corrected chi connectivity index (χ3v) is 5.48. The molecule has 2 aliphatic carbocycles. The lowest BCUT2D eigenvalue weighted by Gasteiger charge is -2.22. The van der Waals surface area contributed by atoms with Crippen LogP contribution >= 0.6 is 11.8 Å². The predicted octanol–water partition coefficient (Wildman–Crippen LogP) is 3.55. The summed E-state index contributed by atoms with van der Waals surface area (Å²) in [7, 11) is 0.